The van der Waals surface area contributed by atoms with Crippen molar-refractivity contribution >= 4 is 23.4 Å². The van der Waals surface area contributed by atoms with Crippen LogP contribution in [0.15, 0.2) is 58.3 Å². The average molecular weight is 461 g/mol. The van der Waals surface area contributed by atoms with Crippen LogP contribution in [0.1, 0.15) is 61.0 Å². The number of hydrazone groups is 1. The van der Waals surface area contributed by atoms with Gasteiger partial charge in [0.1, 0.15) is 11.5 Å². The highest BCUT2D eigenvalue weighted by Gasteiger charge is 2.28. The molecule has 0 saturated heterocycles. The number of fused-ring (bicyclic) bond motifs is 1. The molecule has 2 heterocycles. The van der Waals surface area contributed by atoms with Gasteiger partial charge in [-0.15, -0.1) is 0 Å². The second-order valence-electron chi connectivity index (χ2n) is 7.55. The van der Waals surface area contributed by atoms with Crippen LogP contribution in [-0.2, 0) is 6.42 Å². The van der Waals surface area contributed by atoms with Crippen molar-refractivity contribution in [2.45, 2.75) is 26.2 Å². The predicted octanol–water partition coefficient (Wildman–Crippen LogP) is 2.54. The Balaban J connectivity index is 1.48. The van der Waals surface area contributed by atoms with E-state index in [0.29, 0.717) is 46.8 Å². The van der Waals surface area contributed by atoms with Gasteiger partial charge in [-0.05, 0) is 44.0 Å². The number of para-hydroxylation sites is 1. The quantitative estimate of drug-likeness (QED) is 0.500. The van der Waals surface area contributed by atoms with Crippen molar-refractivity contribution in [1.29, 1.82) is 0 Å². The lowest BCUT2D eigenvalue weighted by atomic mass is 9.93. The molecule has 2 aromatic heterocycles. The zero-order chi connectivity index (χ0) is 24.1. The summed E-state index contributed by atoms with van der Waals surface area (Å²) in [7, 11) is 1.46. The van der Waals surface area contributed by atoms with E-state index in [0.717, 1.165) is 6.42 Å². The summed E-state index contributed by atoms with van der Waals surface area (Å²) in [5, 5.41) is 4.29. The number of hydrazine groups is 1. The van der Waals surface area contributed by atoms with Crippen LogP contribution in [-0.4, -0.2) is 35.5 Å². The highest BCUT2D eigenvalue weighted by atomic mass is 16.5. The minimum absolute atomic E-state index is 0.0698. The number of ether oxygens (including phenoxy) is 1. The van der Waals surface area contributed by atoms with E-state index in [1.165, 1.54) is 19.5 Å². The number of hydrogen-bond donors (Lipinski definition) is 3. The number of rotatable bonds is 5. The summed E-state index contributed by atoms with van der Waals surface area (Å²) in [5.74, 6) is -0.424. The topological polar surface area (TPSA) is 135 Å². The van der Waals surface area contributed by atoms with Gasteiger partial charge in [-0.25, -0.2) is 5.43 Å². The number of nitrogens with one attached hydrogen (secondary N) is 3. The first-order valence-electron chi connectivity index (χ1n) is 10.6. The van der Waals surface area contributed by atoms with Gasteiger partial charge in [0, 0.05) is 35.5 Å². The van der Waals surface area contributed by atoms with Gasteiger partial charge in [0.15, 0.2) is 5.76 Å². The summed E-state index contributed by atoms with van der Waals surface area (Å²) in [5.41, 5.74) is 9.93. The van der Waals surface area contributed by atoms with Crippen LogP contribution < -0.4 is 21.0 Å². The second kappa shape index (κ2) is 9.99. The highest BCUT2D eigenvalue weighted by molar-refractivity contribution is 6.07. The van der Waals surface area contributed by atoms with E-state index < -0.39 is 11.8 Å². The Bertz CT molecular complexity index is 1270. The smallest absolute Gasteiger partial charge is 0.305 e. The number of nitrogens with zero attached hydrogens (tertiary/aromatic N) is 2. The van der Waals surface area contributed by atoms with Crippen LogP contribution in [0.5, 0.6) is 5.75 Å². The Morgan fingerprint density at radius 3 is 2.50 bits per heavy atom. The zero-order valence-electron chi connectivity index (χ0n) is 18.7. The zero-order valence-corrected chi connectivity index (χ0v) is 18.7. The van der Waals surface area contributed by atoms with Gasteiger partial charge >= 0.3 is 5.91 Å². The molecule has 0 saturated carbocycles. The number of hydrogen-bond acceptors (Lipinski definition) is 7. The number of aromatic nitrogens is 1. The van der Waals surface area contributed by atoms with E-state index in [1.807, 2.05) is 0 Å². The Morgan fingerprint density at radius 2 is 1.74 bits per heavy atom. The standard InChI is InChI=1S/C24H23N5O5/c1-14-20-17(26-27-22(30)15-10-12-25-13-11-15)7-5-9-19(20)34-21(14)24(32)29-28-23(31)16-6-3-4-8-18(16)33-2/h3-4,6,8,10-13H,5,7,9H2,1-2H3,(H,27,30)(H,28,31)(H,29,32)/b26-17+. The molecule has 174 valence electrons. The van der Waals surface area contributed by atoms with Crippen LogP contribution in [0.2, 0.25) is 0 Å². The number of amides is 3. The summed E-state index contributed by atoms with van der Waals surface area (Å²) < 4.78 is 11.0. The van der Waals surface area contributed by atoms with Crippen LogP contribution in [0.25, 0.3) is 0 Å². The molecule has 1 aliphatic rings. The van der Waals surface area contributed by atoms with Gasteiger partial charge in [0.2, 0.25) is 0 Å². The molecule has 3 aromatic rings. The van der Waals surface area contributed by atoms with Crippen molar-refractivity contribution in [3.05, 3.63) is 82.6 Å². The molecule has 1 aliphatic carbocycles. The monoisotopic (exact) mass is 461 g/mol. The fraction of sp³-hybridized carbons (Fsp3) is 0.208. The normalized spacial score (nSPS) is 13.6. The molecule has 0 spiro atoms. The molecule has 34 heavy (non-hydrogen) atoms. The molecule has 0 unspecified atom stereocenters. The molecule has 1 aromatic carbocycles. The van der Waals surface area contributed by atoms with Gasteiger partial charge in [0.05, 0.1) is 18.4 Å². The van der Waals surface area contributed by atoms with Crippen molar-refractivity contribution in [1.82, 2.24) is 21.3 Å². The third-order valence-corrected chi connectivity index (χ3v) is 5.41. The van der Waals surface area contributed by atoms with Gasteiger partial charge < -0.3 is 9.15 Å². The SMILES string of the molecule is COc1ccccc1C(=O)NNC(=O)c1oc2c(c1C)/C(=N/NC(=O)c1ccncc1)CCC2. The number of methoxy groups -OCH3 is 1. The molecule has 3 N–H and O–H groups in total. The summed E-state index contributed by atoms with van der Waals surface area (Å²) in [6, 6.07) is 9.84. The number of pyridine rings is 1. The van der Waals surface area contributed by atoms with Crippen molar-refractivity contribution in [3.63, 3.8) is 0 Å². The molecular formula is C24H23N5O5. The Morgan fingerprint density at radius 1 is 1.00 bits per heavy atom. The lowest BCUT2D eigenvalue weighted by Gasteiger charge is -2.13. The van der Waals surface area contributed by atoms with Crippen LogP contribution in [0.4, 0.5) is 0 Å². The first kappa shape index (κ1) is 22.7. The Kier molecular flexibility index (Phi) is 6.67. The summed E-state index contributed by atoms with van der Waals surface area (Å²) in [6.07, 6.45) is 5.07. The predicted molar refractivity (Wildman–Crippen MR) is 123 cm³/mol. The summed E-state index contributed by atoms with van der Waals surface area (Å²) >= 11 is 0. The first-order valence-corrected chi connectivity index (χ1v) is 10.6. The van der Waals surface area contributed by atoms with E-state index in [9.17, 15) is 14.4 Å². The summed E-state index contributed by atoms with van der Waals surface area (Å²) in [6.45, 7) is 1.74. The second-order valence-corrected chi connectivity index (χ2v) is 7.55. The fourth-order valence-corrected chi connectivity index (χ4v) is 3.75. The maximum Gasteiger partial charge on any atom is 0.305 e. The maximum atomic E-state index is 12.8. The van der Waals surface area contributed by atoms with E-state index in [1.54, 1.807) is 43.3 Å². The van der Waals surface area contributed by atoms with Gasteiger partial charge in [-0.1, -0.05) is 12.1 Å². The van der Waals surface area contributed by atoms with Crippen LogP contribution in [0.3, 0.4) is 0 Å². The molecule has 0 fully saturated rings. The van der Waals surface area contributed by atoms with Crippen LogP contribution in [0, 0.1) is 6.92 Å². The van der Waals surface area contributed by atoms with Crippen molar-refractivity contribution < 1.29 is 23.5 Å². The van der Waals surface area contributed by atoms with Crippen molar-refractivity contribution in [2.24, 2.45) is 5.10 Å². The average Bonchev–Trinajstić information content (AvgIpc) is 3.23. The highest BCUT2D eigenvalue weighted by Crippen LogP contribution is 2.29. The molecule has 10 nitrogen and oxygen atoms in total. The Labute approximate surface area is 195 Å². The molecule has 3 amide bonds. The number of benzene rings is 1. The van der Waals surface area contributed by atoms with Crippen molar-refractivity contribution in [2.75, 3.05) is 7.11 Å². The molecular weight excluding hydrogens is 438 g/mol. The maximum absolute atomic E-state index is 12.8. The molecule has 0 bridgehead atoms. The summed E-state index contributed by atoms with van der Waals surface area (Å²) in [4.78, 5) is 41.4. The molecule has 4 rings (SSSR count). The minimum atomic E-state index is -0.602. The lowest BCUT2D eigenvalue weighted by Crippen LogP contribution is -2.41. The van der Waals surface area contributed by atoms with Crippen LogP contribution >= 0.6 is 0 Å². The van der Waals surface area contributed by atoms with E-state index >= 15 is 0 Å². The molecule has 0 atom stereocenters. The number of carbonyl (C=O) groups excluding carboxylic acids is 3. The third kappa shape index (κ3) is 4.65. The van der Waals surface area contributed by atoms with Gasteiger partial charge in [0.25, 0.3) is 11.8 Å². The van der Waals surface area contributed by atoms with Gasteiger partial charge in [-0.2, -0.15) is 5.10 Å². The lowest BCUT2D eigenvalue weighted by molar-refractivity contribution is 0.0827. The molecule has 0 radical (unpaired) electrons. The Hall–Kier alpha value is -4.47. The van der Waals surface area contributed by atoms with Gasteiger partial charge in [-0.3, -0.25) is 30.2 Å². The number of furan rings is 1. The minimum Gasteiger partial charge on any atom is -0.496 e. The van der Waals surface area contributed by atoms with E-state index in [4.69, 9.17) is 9.15 Å². The first-order chi connectivity index (χ1) is 16.5. The number of carbonyl (C=O) groups is 3. The molecule has 10 heteroatoms. The van der Waals surface area contributed by atoms with E-state index in [2.05, 4.69) is 26.4 Å². The third-order valence-electron chi connectivity index (χ3n) is 5.41. The van der Waals surface area contributed by atoms with E-state index in [-0.39, 0.29) is 17.2 Å². The molecule has 0 aliphatic heterocycles. The fourth-order valence-electron chi connectivity index (χ4n) is 3.75. The number of aryl methyl sites for hydroxylation is 1. The van der Waals surface area contributed by atoms with Crippen molar-refractivity contribution in [3.8, 4) is 5.75 Å². The largest absolute Gasteiger partial charge is 0.496 e.